The van der Waals surface area contributed by atoms with Crippen LogP contribution < -0.4 is 4.74 Å². The minimum Gasteiger partial charge on any atom is -0.488 e. The van der Waals surface area contributed by atoms with Crippen LogP contribution in [-0.2, 0) is 5.60 Å². The highest BCUT2D eigenvalue weighted by Crippen LogP contribution is 2.41. The summed E-state index contributed by atoms with van der Waals surface area (Å²) in [6.45, 7) is 0.718. The molecule has 4 nitrogen and oxygen atoms in total. The van der Waals surface area contributed by atoms with Gasteiger partial charge in [0.15, 0.2) is 0 Å². The van der Waals surface area contributed by atoms with Crippen molar-refractivity contribution in [2.75, 3.05) is 6.61 Å². The number of halogens is 4. The van der Waals surface area contributed by atoms with Crippen LogP contribution in [0.15, 0.2) is 72.9 Å². The number of ether oxygens (including phenoxy) is 1. The van der Waals surface area contributed by atoms with Gasteiger partial charge in [-0.25, -0.2) is 4.68 Å². The zero-order chi connectivity index (χ0) is 22.2. The quantitative estimate of drug-likeness (QED) is 0.420. The lowest BCUT2D eigenvalue weighted by Gasteiger charge is -2.31. The van der Waals surface area contributed by atoms with E-state index in [4.69, 9.17) is 16.3 Å². The SMILES string of the molecule is Cc1ccc(Cl)c(OCC(O)(c2ccc3c(cnn3-c3ccccc3)c2)C(F)(F)F)c1. The first-order valence-electron chi connectivity index (χ1n) is 9.41. The lowest BCUT2D eigenvalue weighted by molar-refractivity contribution is -0.275. The summed E-state index contributed by atoms with van der Waals surface area (Å²) < 4.78 is 48.8. The molecule has 1 N–H and O–H groups in total. The molecule has 4 aromatic rings. The smallest absolute Gasteiger partial charge is 0.424 e. The Hall–Kier alpha value is -3.03. The first kappa shape index (κ1) is 21.2. The number of aromatic nitrogens is 2. The van der Waals surface area contributed by atoms with E-state index in [1.54, 1.807) is 17.7 Å². The molecular weight excluding hydrogens is 429 g/mol. The standard InChI is InChI=1S/C23H18ClF3N2O2/c1-15-7-9-19(24)21(11-15)31-14-22(30,23(25,26)27)17-8-10-20-16(12-17)13-28-29(20)18-5-3-2-4-6-18/h2-13,30H,14H2,1H3. The fraction of sp³-hybridized carbons (Fsp3) is 0.174. The predicted molar refractivity (Wildman–Crippen MR) is 113 cm³/mol. The number of hydrogen-bond acceptors (Lipinski definition) is 3. The number of benzene rings is 3. The fourth-order valence-corrected chi connectivity index (χ4v) is 3.47. The van der Waals surface area contributed by atoms with Crippen molar-refractivity contribution in [1.29, 1.82) is 0 Å². The Morgan fingerprint density at radius 1 is 1.03 bits per heavy atom. The maximum absolute atomic E-state index is 14.0. The number of para-hydroxylation sites is 1. The van der Waals surface area contributed by atoms with E-state index in [1.165, 1.54) is 36.5 Å². The van der Waals surface area contributed by atoms with E-state index in [1.807, 2.05) is 30.3 Å². The molecule has 1 unspecified atom stereocenters. The maximum atomic E-state index is 14.0. The zero-order valence-electron chi connectivity index (χ0n) is 16.4. The minimum absolute atomic E-state index is 0.0716. The van der Waals surface area contributed by atoms with Gasteiger partial charge in [-0.1, -0.05) is 41.9 Å². The fourth-order valence-electron chi connectivity index (χ4n) is 3.30. The molecular formula is C23H18ClF3N2O2. The van der Waals surface area contributed by atoms with Gasteiger partial charge in [0.2, 0.25) is 5.60 Å². The van der Waals surface area contributed by atoms with Crippen molar-refractivity contribution in [2.24, 2.45) is 0 Å². The maximum Gasteiger partial charge on any atom is 0.424 e. The van der Waals surface area contributed by atoms with Crippen LogP contribution in [0.25, 0.3) is 16.6 Å². The van der Waals surface area contributed by atoms with E-state index >= 15 is 0 Å². The average molecular weight is 447 g/mol. The Morgan fingerprint density at radius 2 is 1.77 bits per heavy atom. The Balaban J connectivity index is 1.71. The lowest BCUT2D eigenvalue weighted by Crippen LogP contribution is -2.47. The van der Waals surface area contributed by atoms with E-state index in [9.17, 15) is 18.3 Å². The summed E-state index contributed by atoms with van der Waals surface area (Å²) in [7, 11) is 0. The van der Waals surface area contributed by atoms with E-state index in [-0.39, 0.29) is 16.3 Å². The van der Waals surface area contributed by atoms with Gasteiger partial charge in [-0.2, -0.15) is 18.3 Å². The summed E-state index contributed by atoms with van der Waals surface area (Å²) in [6.07, 6.45) is -3.52. The molecule has 0 spiro atoms. The summed E-state index contributed by atoms with van der Waals surface area (Å²) in [6, 6.07) is 18.0. The second-order valence-corrected chi connectivity index (χ2v) is 7.65. The van der Waals surface area contributed by atoms with Crippen LogP contribution in [0.2, 0.25) is 5.02 Å². The highest BCUT2D eigenvalue weighted by atomic mass is 35.5. The third kappa shape index (κ3) is 3.98. The molecule has 0 saturated carbocycles. The van der Waals surface area contributed by atoms with Crippen LogP contribution >= 0.6 is 11.6 Å². The van der Waals surface area contributed by atoms with Gasteiger partial charge in [-0.05, 0) is 54.4 Å². The van der Waals surface area contributed by atoms with Gasteiger partial charge in [0, 0.05) is 5.39 Å². The Labute approximate surface area is 181 Å². The van der Waals surface area contributed by atoms with Crippen molar-refractivity contribution < 1.29 is 23.0 Å². The van der Waals surface area contributed by atoms with Crippen LogP contribution in [0.5, 0.6) is 5.75 Å². The molecule has 1 heterocycles. The summed E-state index contributed by atoms with van der Waals surface area (Å²) in [5.41, 5.74) is -1.42. The summed E-state index contributed by atoms with van der Waals surface area (Å²) in [5.74, 6) is 0.0716. The molecule has 0 aliphatic heterocycles. The van der Waals surface area contributed by atoms with E-state index < -0.39 is 18.4 Å². The molecule has 0 aliphatic rings. The number of alkyl halides is 3. The third-order valence-electron chi connectivity index (χ3n) is 5.04. The van der Waals surface area contributed by atoms with Gasteiger partial charge in [0.25, 0.3) is 0 Å². The number of aryl methyl sites for hydroxylation is 1. The summed E-state index contributed by atoms with van der Waals surface area (Å²) in [5, 5.41) is 15.6. The van der Waals surface area contributed by atoms with Crippen LogP contribution in [-0.4, -0.2) is 27.7 Å². The first-order chi connectivity index (χ1) is 14.7. The number of nitrogens with zero attached hydrogens (tertiary/aromatic N) is 2. The molecule has 160 valence electrons. The van der Waals surface area contributed by atoms with Gasteiger partial charge in [0.05, 0.1) is 22.4 Å². The van der Waals surface area contributed by atoms with Crippen molar-refractivity contribution >= 4 is 22.5 Å². The monoisotopic (exact) mass is 446 g/mol. The van der Waals surface area contributed by atoms with Gasteiger partial charge in [-0.3, -0.25) is 0 Å². The molecule has 31 heavy (non-hydrogen) atoms. The molecule has 0 aliphatic carbocycles. The summed E-state index contributed by atoms with van der Waals surface area (Å²) in [4.78, 5) is 0. The van der Waals surface area contributed by atoms with Crippen molar-refractivity contribution in [2.45, 2.75) is 18.7 Å². The minimum atomic E-state index is -4.98. The molecule has 0 fully saturated rings. The van der Waals surface area contributed by atoms with E-state index in [0.717, 1.165) is 11.3 Å². The molecule has 0 radical (unpaired) electrons. The summed E-state index contributed by atoms with van der Waals surface area (Å²) >= 11 is 6.03. The molecule has 1 aromatic heterocycles. The molecule has 8 heteroatoms. The first-order valence-corrected chi connectivity index (χ1v) is 9.78. The van der Waals surface area contributed by atoms with Crippen LogP contribution in [0, 0.1) is 6.92 Å². The van der Waals surface area contributed by atoms with Gasteiger partial charge in [0.1, 0.15) is 12.4 Å². The van der Waals surface area contributed by atoms with Gasteiger partial charge < -0.3 is 9.84 Å². The van der Waals surface area contributed by atoms with Crippen molar-refractivity contribution in [3.05, 3.63) is 89.1 Å². The van der Waals surface area contributed by atoms with Crippen LogP contribution in [0.3, 0.4) is 0 Å². The number of fused-ring (bicyclic) bond motifs is 1. The van der Waals surface area contributed by atoms with Crippen molar-refractivity contribution in [1.82, 2.24) is 9.78 Å². The molecule has 0 amide bonds. The number of rotatable bonds is 5. The van der Waals surface area contributed by atoms with Gasteiger partial charge in [-0.15, -0.1) is 0 Å². The lowest BCUT2D eigenvalue weighted by atomic mass is 9.93. The van der Waals surface area contributed by atoms with Crippen molar-refractivity contribution in [3.63, 3.8) is 0 Å². The van der Waals surface area contributed by atoms with Crippen LogP contribution in [0.4, 0.5) is 13.2 Å². The largest absolute Gasteiger partial charge is 0.488 e. The predicted octanol–water partition coefficient (Wildman–Crippen LogP) is 5.82. The Bertz CT molecular complexity index is 1220. The van der Waals surface area contributed by atoms with Gasteiger partial charge >= 0.3 is 6.18 Å². The Kier molecular flexibility index (Phi) is 5.41. The van der Waals surface area contributed by atoms with E-state index in [0.29, 0.717) is 10.9 Å². The topological polar surface area (TPSA) is 47.3 Å². The molecule has 1 atom stereocenters. The average Bonchev–Trinajstić information content (AvgIpc) is 3.17. The Morgan fingerprint density at radius 3 is 2.48 bits per heavy atom. The molecule has 0 bridgehead atoms. The van der Waals surface area contributed by atoms with Crippen molar-refractivity contribution in [3.8, 4) is 11.4 Å². The normalized spacial score (nSPS) is 13.9. The second kappa shape index (κ2) is 7.90. The molecule has 3 aromatic carbocycles. The molecule has 4 rings (SSSR count). The zero-order valence-corrected chi connectivity index (χ0v) is 17.2. The number of hydrogen-bond donors (Lipinski definition) is 1. The highest BCUT2D eigenvalue weighted by Gasteiger charge is 2.56. The second-order valence-electron chi connectivity index (χ2n) is 7.25. The third-order valence-corrected chi connectivity index (χ3v) is 5.35. The van der Waals surface area contributed by atoms with Crippen LogP contribution in [0.1, 0.15) is 11.1 Å². The molecule has 0 saturated heterocycles. The number of aliphatic hydroxyl groups is 1. The highest BCUT2D eigenvalue weighted by molar-refractivity contribution is 6.32. The van der Waals surface area contributed by atoms with E-state index in [2.05, 4.69) is 5.10 Å².